The third-order valence-electron chi connectivity index (χ3n) is 2.84. The zero-order valence-electron chi connectivity index (χ0n) is 11.2. The molecule has 6 nitrogen and oxygen atoms in total. The maximum Gasteiger partial charge on any atom is 0.224 e. The summed E-state index contributed by atoms with van der Waals surface area (Å²) < 4.78 is 4.97. The van der Waals surface area contributed by atoms with E-state index in [2.05, 4.69) is 25.4 Å². The molecule has 0 aliphatic rings. The molecule has 0 atom stereocenters. The average Bonchev–Trinajstić information content (AvgIpc) is 2.92. The first-order valence-electron chi connectivity index (χ1n) is 6.33. The highest BCUT2D eigenvalue weighted by Gasteiger charge is 2.05. The van der Waals surface area contributed by atoms with Crippen molar-refractivity contribution in [1.82, 2.24) is 20.1 Å². The molecule has 0 bridgehead atoms. The van der Waals surface area contributed by atoms with Crippen molar-refractivity contribution in [3.8, 4) is 11.4 Å². The fourth-order valence-electron chi connectivity index (χ4n) is 1.81. The van der Waals surface area contributed by atoms with Crippen LogP contribution in [-0.2, 0) is 6.54 Å². The Morgan fingerprint density at radius 3 is 2.62 bits per heavy atom. The number of hydrogen-bond donors (Lipinski definition) is 1. The molecular weight excluding hydrogens is 290 g/mol. The van der Waals surface area contributed by atoms with Crippen molar-refractivity contribution in [2.45, 2.75) is 13.5 Å². The Balaban J connectivity index is 1.67. The van der Waals surface area contributed by atoms with Crippen molar-refractivity contribution in [3.05, 3.63) is 53.3 Å². The van der Waals surface area contributed by atoms with Gasteiger partial charge in [-0.15, -0.1) is 0 Å². The lowest BCUT2D eigenvalue weighted by Crippen LogP contribution is -2.01. The Kier molecular flexibility index (Phi) is 3.79. The molecule has 3 rings (SSSR count). The number of anilines is 1. The summed E-state index contributed by atoms with van der Waals surface area (Å²) in [6.07, 6.45) is 1.61. The second kappa shape index (κ2) is 5.88. The summed E-state index contributed by atoms with van der Waals surface area (Å²) in [5.74, 6) is 1.83. The maximum atomic E-state index is 5.73. The molecule has 0 amide bonds. The zero-order valence-corrected chi connectivity index (χ0v) is 12.0. The monoisotopic (exact) mass is 301 g/mol. The van der Waals surface area contributed by atoms with Crippen molar-refractivity contribution in [2.75, 3.05) is 5.32 Å². The number of nitrogens with one attached hydrogen (secondary N) is 1. The van der Waals surface area contributed by atoms with E-state index in [0.29, 0.717) is 24.1 Å². The number of halogens is 1. The van der Waals surface area contributed by atoms with Crippen LogP contribution in [0.2, 0.25) is 5.28 Å². The summed E-state index contributed by atoms with van der Waals surface area (Å²) in [5.41, 5.74) is 2.02. The molecule has 7 heteroatoms. The normalized spacial score (nSPS) is 10.6. The van der Waals surface area contributed by atoms with Gasteiger partial charge in [0.2, 0.25) is 17.0 Å². The molecule has 0 spiro atoms. The number of rotatable bonds is 4. The van der Waals surface area contributed by atoms with Crippen molar-refractivity contribution in [2.24, 2.45) is 0 Å². The van der Waals surface area contributed by atoms with Crippen LogP contribution >= 0.6 is 11.6 Å². The minimum Gasteiger partial charge on any atom is -0.366 e. The van der Waals surface area contributed by atoms with Gasteiger partial charge < -0.3 is 9.84 Å². The van der Waals surface area contributed by atoms with Crippen LogP contribution < -0.4 is 5.32 Å². The summed E-state index contributed by atoms with van der Waals surface area (Å²) in [6, 6.07) is 9.67. The van der Waals surface area contributed by atoms with Crippen molar-refractivity contribution in [1.29, 1.82) is 0 Å². The smallest absolute Gasteiger partial charge is 0.224 e. The molecule has 106 valence electrons. The lowest BCUT2D eigenvalue weighted by molar-refractivity contribution is 0.394. The first-order chi connectivity index (χ1) is 10.2. The van der Waals surface area contributed by atoms with Crippen molar-refractivity contribution in [3.63, 3.8) is 0 Å². The van der Waals surface area contributed by atoms with E-state index in [9.17, 15) is 0 Å². The van der Waals surface area contributed by atoms with Gasteiger partial charge in [-0.2, -0.15) is 4.98 Å². The van der Waals surface area contributed by atoms with Gasteiger partial charge >= 0.3 is 0 Å². The molecule has 0 aliphatic carbocycles. The largest absolute Gasteiger partial charge is 0.366 e. The third kappa shape index (κ3) is 3.35. The number of aromatic nitrogens is 4. The predicted molar refractivity (Wildman–Crippen MR) is 78.8 cm³/mol. The number of benzene rings is 1. The van der Waals surface area contributed by atoms with Gasteiger partial charge in [0.05, 0.1) is 0 Å². The third-order valence-corrected chi connectivity index (χ3v) is 3.02. The van der Waals surface area contributed by atoms with Gasteiger partial charge in [-0.3, -0.25) is 0 Å². The van der Waals surface area contributed by atoms with Crippen LogP contribution in [0.25, 0.3) is 11.4 Å². The topological polar surface area (TPSA) is 76.7 Å². The molecule has 2 heterocycles. The van der Waals surface area contributed by atoms with Gasteiger partial charge in [0.1, 0.15) is 5.82 Å². The molecule has 0 aliphatic heterocycles. The molecule has 3 aromatic rings. The van der Waals surface area contributed by atoms with Crippen LogP contribution in [0.1, 0.15) is 11.5 Å². The average molecular weight is 302 g/mol. The minimum atomic E-state index is 0.225. The van der Waals surface area contributed by atoms with Gasteiger partial charge in [-0.25, -0.2) is 9.97 Å². The van der Waals surface area contributed by atoms with E-state index in [1.54, 1.807) is 19.2 Å². The van der Waals surface area contributed by atoms with Gasteiger partial charge in [-0.05, 0) is 23.2 Å². The van der Waals surface area contributed by atoms with Crippen LogP contribution in [0.5, 0.6) is 0 Å². The molecule has 0 fully saturated rings. The van der Waals surface area contributed by atoms with Gasteiger partial charge in [0, 0.05) is 25.2 Å². The summed E-state index contributed by atoms with van der Waals surface area (Å²) in [7, 11) is 0. The Hall–Kier alpha value is -2.47. The second-order valence-electron chi connectivity index (χ2n) is 4.40. The van der Waals surface area contributed by atoms with E-state index in [0.717, 1.165) is 11.1 Å². The fraction of sp³-hybridized carbons (Fsp3) is 0.143. The zero-order chi connectivity index (χ0) is 14.7. The molecule has 2 aromatic heterocycles. The van der Waals surface area contributed by atoms with E-state index in [-0.39, 0.29) is 5.28 Å². The molecule has 0 saturated carbocycles. The highest BCUT2D eigenvalue weighted by Crippen LogP contribution is 2.17. The number of nitrogens with zero attached hydrogens (tertiary/aromatic N) is 4. The highest BCUT2D eigenvalue weighted by atomic mass is 35.5. The molecule has 0 saturated heterocycles. The molecule has 0 radical (unpaired) electrons. The predicted octanol–water partition coefficient (Wildman–Crippen LogP) is 3.10. The number of aryl methyl sites for hydroxylation is 1. The summed E-state index contributed by atoms with van der Waals surface area (Å²) in [4.78, 5) is 12.1. The molecular formula is C14H12ClN5O. The van der Waals surface area contributed by atoms with Gasteiger partial charge in [0.15, 0.2) is 0 Å². The van der Waals surface area contributed by atoms with Crippen LogP contribution in [0.15, 0.2) is 41.1 Å². The Morgan fingerprint density at radius 1 is 1.14 bits per heavy atom. The van der Waals surface area contributed by atoms with Crippen LogP contribution in [0, 0.1) is 6.92 Å². The quantitative estimate of drug-likeness (QED) is 0.746. The van der Waals surface area contributed by atoms with Crippen LogP contribution in [-0.4, -0.2) is 20.1 Å². The standard InChI is InChI=1S/C14H12ClN5O/c1-9-18-13(20-21-9)11-4-2-10(3-5-11)8-17-12-6-7-16-14(15)19-12/h2-7H,8H2,1H3,(H,16,17,19). The van der Waals surface area contributed by atoms with E-state index < -0.39 is 0 Å². The van der Waals surface area contributed by atoms with Gasteiger partial charge in [-0.1, -0.05) is 29.4 Å². The molecule has 1 N–H and O–H groups in total. The molecule has 1 aromatic carbocycles. The Morgan fingerprint density at radius 2 is 1.95 bits per heavy atom. The summed E-state index contributed by atoms with van der Waals surface area (Å²) in [5, 5.41) is 7.29. The lowest BCUT2D eigenvalue weighted by Gasteiger charge is -2.05. The lowest BCUT2D eigenvalue weighted by atomic mass is 10.1. The number of hydrogen-bond acceptors (Lipinski definition) is 6. The van der Waals surface area contributed by atoms with Crippen molar-refractivity contribution >= 4 is 17.4 Å². The first-order valence-corrected chi connectivity index (χ1v) is 6.70. The SMILES string of the molecule is Cc1nc(-c2ccc(CNc3ccnc(Cl)n3)cc2)no1. The Labute approximate surface area is 126 Å². The summed E-state index contributed by atoms with van der Waals surface area (Å²) in [6.45, 7) is 2.40. The molecule has 0 unspecified atom stereocenters. The second-order valence-corrected chi connectivity index (χ2v) is 4.74. The fourth-order valence-corrected chi connectivity index (χ4v) is 1.96. The Bertz CT molecular complexity index is 741. The maximum absolute atomic E-state index is 5.73. The highest BCUT2D eigenvalue weighted by molar-refractivity contribution is 6.28. The van der Waals surface area contributed by atoms with Crippen LogP contribution in [0.3, 0.4) is 0 Å². The molecule has 21 heavy (non-hydrogen) atoms. The van der Waals surface area contributed by atoms with E-state index in [1.807, 2.05) is 24.3 Å². The summed E-state index contributed by atoms with van der Waals surface area (Å²) >= 11 is 5.73. The van der Waals surface area contributed by atoms with E-state index in [4.69, 9.17) is 16.1 Å². The first kappa shape index (κ1) is 13.5. The van der Waals surface area contributed by atoms with Crippen LogP contribution in [0.4, 0.5) is 5.82 Å². The van der Waals surface area contributed by atoms with E-state index >= 15 is 0 Å². The van der Waals surface area contributed by atoms with Crippen molar-refractivity contribution < 1.29 is 4.52 Å². The van der Waals surface area contributed by atoms with E-state index in [1.165, 1.54) is 0 Å². The van der Waals surface area contributed by atoms with Gasteiger partial charge in [0.25, 0.3) is 0 Å². The minimum absolute atomic E-state index is 0.225.